The number of nitrogens with zero attached hydrogens (tertiary/aromatic N) is 1. The number of carbonyl (C=O) groups excluding carboxylic acids is 2. The summed E-state index contributed by atoms with van der Waals surface area (Å²) < 4.78 is 4.54. The van der Waals surface area contributed by atoms with Crippen molar-refractivity contribution in [3.63, 3.8) is 0 Å². The second-order valence-corrected chi connectivity index (χ2v) is 2.45. The van der Waals surface area contributed by atoms with Gasteiger partial charge in [0.1, 0.15) is 0 Å². The lowest BCUT2D eigenvalue weighted by atomic mass is 10.2. The van der Waals surface area contributed by atoms with Gasteiger partial charge in [-0.1, -0.05) is 0 Å². The van der Waals surface area contributed by atoms with Gasteiger partial charge in [0.05, 0.1) is 0 Å². The number of aromatic nitrogens is 1. The van der Waals surface area contributed by atoms with Crippen molar-refractivity contribution in [2.24, 2.45) is 0 Å². The van der Waals surface area contributed by atoms with E-state index in [2.05, 4.69) is 9.72 Å². The molecule has 1 aromatic heterocycles. The van der Waals surface area contributed by atoms with Gasteiger partial charge in [-0.3, -0.25) is 14.6 Å². The van der Waals surface area contributed by atoms with Crippen molar-refractivity contribution in [3.05, 3.63) is 30.1 Å². The molecule has 0 N–H and O–H groups in total. The molecule has 0 unspecified atom stereocenters. The predicted octanol–water partition coefficient (Wildman–Crippen LogP) is 0.827. The van der Waals surface area contributed by atoms with Crippen LogP contribution in [0.1, 0.15) is 17.3 Å². The number of carbonyl (C=O) groups is 2. The standard InChI is InChI=1S/C9H9NO3/c1-7(11)13-6-9(12)8-3-2-4-10-5-8/h2-5H,6H2,1H3. The zero-order chi connectivity index (χ0) is 9.68. The van der Waals surface area contributed by atoms with Crippen LogP contribution in [0.25, 0.3) is 0 Å². The number of rotatable bonds is 3. The van der Waals surface area contributed by atoms with E-state index in [1.54, 1.807) is 18.3 Å². The van der Waals surface area contributed by atoms with E-state index in [1.807, 2.05) is 0 Å². The van der Waals surface area contributed by atoms with Crippen LogP contribution in [0.2, 0.25) is 0 Å². The normalized spacial score (nSPS) is 9.31. The highest BCUT2D eigenvalue weighted by Crippen LogP contribution is 1.97. The van der Waals surface area contributed by atoms with E-state index in [0.717, 1.165) is 0 Å². The van der Waals surface area contributed by atoms with Crippen LogP contribution in [-0.4, -0.2) is 23.3 Å². The van der Waals surface area contributed by atoms with Crippen molar-refractivity contribution in [2.45, 2.75) is 6.92 Å². The summed E-state index contributed by atoms with van der Waals surface area (Å²) >= 11 is 0. The van der Waals surface area contributed by atoms with Gasteiger partial charge in [-0.2, -0.15) is 0 Å². The lowest BCUT2D eigenvalue weighted by molar-refractivity contribution is -0.139. The Morgan fingerprint density at radius 1 is 1.54 bits per heavy atom. The van der Waals surface area contributed by atoms with Crippen LogP contribution in [0.15, 0.2) is 24.5 Å². The van der Waals surface area contributed by atoms with Gasteiger partial charge in [0.15, 0.2) is 6.61 Å². The fourth-order valence-electron chi connectivity index (χ4n) is 0.778. The number of ketones is 1. The summed E-state index contributed by atoms with van der Waals surface area (Å²) in [6.07, 6.45) is 3.01. The molecule has 0 aliphatic heterocycles. The molecule has 0 saturated carbocycles. The number of pyridine rings is 1. The summed E-state index contributed by atoms with van der Waals surface area (Å²) in [5.41, 5.74) is 0.448. The van der Waals surface area contributed by atoms with Gasteiger partial charge >= 0.3 is 5.97 Å². The Morgan fingerprint density at radius 2 is 2.31 bits per heavy atom. The number of esters is 1. The second kappa shape index (κ2) is 4.35. The molecule has 1 rings (SSSR count). The fraction of sp³-hybridized carbons (Fsp3) is 0.222. The first-order valence-corrected chi connectivity index (χ1v) is 3.77. The average molecular weight is 179 g/mol. The first-order valence-electron chi connectivity index (χ1n) is 3.77. The van der Waals surface area contributed by atoms with Gasteiger partial charge in [-0.05, 0) is 12.1 Å². The molecule has 0 spiro atoms. The first-order chi connectivity index (χ1) is 6.20. The van der Waals surface area contributed by atoms with E-state index in [-0.39, 0.29) is 12.4 Å². The van der Waals surface area contributed by atoms with E-state index in [4.69, 9.17) is 0 Å². The second-order valence-electron chi connectivity index (χ2n) is 2.45. The highest BCUT2D eigenvalue weighted by molar-refractivity contribution is 5.97. The highest BCUT2D eigenvalue weighted by atomic mass is 16.5. The van der Waals surface area contributed by atoms with E-state index in [9.17, 15) is 9.59 Å². The minimum atomic E-state index is -0.461. The minimum absolute atomic E-state index is 0.221. The lowest BCUT2D eigenvalue weighted by Gasteiger charge is -1.99. The molecular formula is C9H9NO3. The van der Waals surface area contributed by atoms with Crippen LogP contribution in [0.3, 0.4) is 0 Å². The van der Waals surface area contributed by atoms with Crippen LogP contribution < -0.4 is 0 Å². The molecule has 68 valence electrons. The smallest absolute Gasteiger partial charge is 0.303 e. The maximum atomic E-state index is 11.2. The third-order valence-electron chi connectivity index (χ3n) is 1.39. The molecule has 0 aliphatic rings. The van der Waals surface area contributed by atoms with Crippen LogP contribution in [0, 0.1) is 0 Å². The molecule has 1 aromatic rings. The Balaban J connectivity index is 2.54. The Hall–Kier alpha value is -1.71. The summed E-state index contributed by atoms with van der Waals surface area (Å²) in [4.78, 5) is 25.4. The molecule has 4 nitrogen and oxygen atoms in total. The SMILES string of the molecule is CC(=O)OCC(=O)c1cccnc1. The molecule has 1 heterocycles. The number of hydrogen-bond donors (Lipinski definition) is 0. The predicted molar refractivity (Wildman–Crippen MR) is 45.2 cm³/mol. The van der Waals surface area contributed by atoms with E-state index in [1.165, 1.54) is 13.1 Å². The van der Waals surface area contributed by atoms with Gasteiger partial charge in [0.25, 0.3) is 0 Å². The number of Topliss-reactive ketones (excluding diaryl/α,β-unsaturated/α-hetero) is 1. The minimum Gasteiger partial charge on any atom is -0.457 e. The summed E-state index contributed by atoms with van der Waals surface area (Å²) in [5.74, 6) is -0.708. The molecule has 0 amide bonds. The van der Waals surface area contributed by atoms with Gasteiger partial charge < -0.3 is 4.74 Å². The molecule has 13 heavy (non-hydrogen) atoms. The van der Waals surface area contributed by atoms with Crippen molar-refractivity contribution < 1.29 is 14.3 Å². The van der Waals surface area contributed by atoms with Gasteiger partial charge in [-0.25, -0.2) is 0 Å². The van der Waals surface area contributed by atoms with Gasteiger partial charge in [-0.15, -0.1) is 0 Å². The molecule has 0 saturated heterocycles. The fourth-order valence-corrected chi connectivity index (χ4v) is 0.778. The van der Waals surface area contributed by atoms with Crippen molar-refractivity contribution in [1.29, 1.82) is 0 Å². The molecule has 0 aromatic carbocycles. The Bertz CT molecular complexity index is 308. The van der Waals surface area contributed by atoms with Crippen molar-refractivity contribution >= 4 is 11.8 Å². The van der Waals surface area contributed by atoms with Crippen LogP contribution in [0.5, 0.6) is 0 Å². The topological polar surface area (TPSA) is 56.3 Å². The van der Waals surface area contributed by atoms with Crippen LogP contribution in [-0.2, 0) is 9.53 Å². The maximum absolute atomic E-state index is 11.2. The number of hydrogen-bond acceptors (Lipinski definition) is 4. The van der Waals surface area contributed by atoms with E-state index in [0.29, 0.717) is 5.56 Å². The molecule has 0 aliphatic carbocycles. The summed E-state index contributed by atoms with van der Waals surface area (Å²) in [6.45, 7) is 1.04. The largest absolute Gasteiger partial charge is 0.457 e. The van der Waals surface area contributed by atoms with E-state index < -0.39 is 5.97 Å². The molecule has 0 radical (unpaired) electrons. The molecule has 4 heteroatoms. The highest BCUT2D eigenvalue weighted by Gasteiger charge is 2.06. The monoisotopic (exact) mass is 179 g/mol. The van der Waals surface area contributed by atoms with Crippen LogP contribution in [0.4, 0.5) is 0 Å². The Kier molecular flexibility index (Phi) is 3.14. The number of ether oxygens (including phenoxy) is 1. The van der Waals surface area contributed by atoms with Crippen molar-refractivity contribution in [2.75, 3.05) is 6.61 Å². The summed E-state index contributed by atoms with van der Waals surface area (Å²) in [5, 5.41) is 0. The zero-order valence-electron chi connectivity index (χ0n) is 7.19. The zero-order valence-corrected chi connectivity index (χ0v) is 7.19. The van der Waals surface area contributed by atoms with Gasteiger partial charge in [0.2, 0.25) is 5.78 Å². The first kappa shape index (κ1) is 9.38. The summed E-state index contributed by atoms with van der Waals surface area (Å²) in [7, 11) is 0. The lowest BCUT2D eigenvalue weighted by Crippen LogP contribution is -2.11. The molecule has 0 fully saturated rings. The quantitative estimate of drug-likeness (QED) is 0.509. The van der Waals surface area contributed by atoms with E-state index >= 15 is 0 Å². The summed E-state index contributed by atoms with van der Waals surface area (Å²) in [6, 6.07) is 3.28. The third kappa shape index (κ3) is 3.02. The van der Waals surface area contributed by atoms with Crippen LogP contribution >= 0.6 is 0 Å². The average Bonchev–Trinajstić information content (AvgIpc) is 2.15. The molecular weight excluding hydrogens is 170 g/mol. The van der Waals surface area contributed by atoms with Crippen molar-refractivity contribution in [3.8, 4) is 0 Å². The van der Waals surface area contributed by atoms with Gasteiger partial charge in [0, 0.05) is 24.9 Å². The Labute approximate surface area is 75.5 Å². The molecule has 0 atom stereocenters. The molecule has 0 bridgehead atoms. The third-order valence-corrected chi connectivity index (χ3v) is 1.39. The van der Waals surface area contributed by atoms with Crippen molar-refractivity contribution in [1.82, 2.24) is 4.98 Å². The Morgan fingerprint density at radius 3 is 2.85 bits per heavy atom. The maximum Gasteiger partial charge on any atom is 0.303 e.